The van der Waals surface area contributed by atoms with Crippen molar-refractivity contribution in [1.29, 1.82) is 0 Å². The number of benzene rings is 1. The minimum atomic E-state index is -6.06. The van der Waals surface area contributed by atoms with Crippen molar-refractivity contribution in [2.45, 2.75) is 24.7 Å². The molecule has 0 fully saturated rings. The lowest BCUT2D eigenvalue weighted by molar-refractivity contribution is -0.193. The Labute approximate surface area is 175 Å². The number of hydrogen-bond donors (Lipinski definition) is 0. The zero-order chi connectivity index (χ0) is 26.9. The van der Waals surface area contributed by atoms with Gasteiger partial charge >= 0.3 is 48.6 Å². The molecule has 34 heavy (non-hydrogen) atoms. The van der Waals surface area contributed by atoms with E-state index in [2.05, 4.69) is 18.9 Å². The van der Waals surface area contributed by atoms with Gasteiger partial charge in [-0.05, 0) is 12.1 Å². The maximum Gasteiger partial charge on any atom is 0.491 e. The Balaban J connectivity index is 3.81. The van der Waals surface area contributed by atoms with Crippen LogP contribution in [0.3, 0.4) is 0 Å². The lowest BCUT2D eigenvalue weighted by Crippen LogP contribution is -2.32. The molecule has 0 atom stereocenters. The molecule has 1 aromatic carbocycles. The van der Waals surface area contributed by atoms with E-state index in [0.717, 1.165) is 0 Å². The van der Waals surface area contributed by atoms with E-state index in [4.69, 9.17) is 0 Å². The molecule has 0 heterocycles. The number of carbonyl (C=O) groups excluding carboxylic acids is 4. The van der Waals surface area contributed by atoms with Gasteiger partial charge in [0, 0.05) is 0 Å². The van der Waals surface area contributed by atoms with E-state index in [1.165, 1.54) is 0 Å². The summed E-state index contributed by atoms with van der Waals surface area (Å²) in [6.45, 7) is 0. The van der Waals surface area contributed by atoms with Gasteiger partial charge in [-0.15, -0.1) is 0 Å². The molecule has 0 spiro atoms. The molecule has 1 aromatic rings. The standard InChI is InChI=1S/C14H2F12O8/c15-11(16,17)7(27)31-3-1-2-4(32-8(28)12(18,19)20)6(34-10(30)14(24,25)26)5(3)33-9(29)13(21,22)23/h1-2H. The Morgan fingerprint density at radius 1 is 0.441 bits per heavy atom. The van der Waals surface area contributed by atoms with Gasteiger partial charge in [0.1, 0.15) is 0 Å². The minimum absolute atomic E-state index is 0.188. The van der Waals surface area contributed by atoms with E-state index in [1.807, 2.05) is 0 Å². The third kappa shape index (κ3) is 7.40. The van der Waals surface area contributed by atoms with Crippen molar-refractivity contribution in [2.24, 2.45) is 0 Å². The number of halogens is 12. The second-order valence-electron chi connectivity index (χ2n) is 5.27. The van der Waals surface area contributed by atoms with E-state index in [1.54, 1.807) is 0 Å². The molecule has 1 rings (SSSR count). The number of rotatable bonds is 4. The Bertz CT molecular complexity index is 908. The average molecular weight is 526 g/mol. The quantitative estimate of drug-likeness (QED) is 0.334. The molecule has 0 aliphatic carbocycles. The molecule has 0 saturated carbocycles. The fraction of sp³-hybridized carbons (Fsp3) is 0.286. The third-order valence-electron chi connectivity index (χ3n) is 2.76. The molecular formula is C14H2F12O8. The first-order chi connectivity index (χ1) is 15.0. The second-order valence-corrected chi connectivity index (χ2v) is 5.27. The van der Waals surface area contributed by atoms with Crippen molar-refractivity contribution in [3.63, 3.8) is 0 Å². The predicted molar refractivity (Wildman–Crippen MR) is 73.2 cm³/mol. The highest BCUT2D eigenvalue weighted by Gasteiger charge is 2.48. The van der Waals surface area contributed by atoms with Crippen molar-refractivity contribution in [1.82, 2.24) is 0 Å². The molecule has 0 N–H and O–H groups in total. The monoisotopic (exact) mass is 526 g/mol. The van der Waals surface area contributed by atoms with Crippen LogP contribution in [0.2, 0.25) is 0 Å². The number of ether oxygens (including phenoxy) is 4. The first-order valence-electron chi connectivity index (χ1n) is 7.38. The van der Waals surface area contributed by atoms with Gasteiger partial charge in [-0.3, -0.25) is 0 Å². The van der Waals surface area contributed by atoms with Crippen molar-refractivity contribution in [2.75, 3.05) is 0 Å². The summed E-state index contributed by atoms with van der Waals surface area (Å²) in [4.78, 5) is 43.9. The molecule has 0 amide bonds. The Morgan fingerprint density at radius 3 is 0.853 bits per heavy atom. The molecule has 0 unspecified atom stereocenters. The van der Waals surface area contributed by atoms with Crippen molar-refractivity contribution < 1.29 is 90.8 Å². The molecule has 0 saturated heterocycles. The topological polar surface area (TPSA) is 105 Å². The van der Waals surface area contributed by atoms with Crippen LogP contribution in [0, 0.1) is 0 Å². The molecule has 0 radical (unpaired) electrons. The lowest BCUT2D eigenvalue weighted by Gasteiger charge is -2.18. The highest BCUT2D eigenvalue weighted by atomic mass is 19.4. The second kappa shape index (κ2) is 9.25. The Hall–Kier alpha value is -3.74. The minimum Gasteiger partial charge on any atom is -0.416 e. The van der Waals surface area contributed by atoms with Crippen LogP contribution in [-0.2, 0) is 19.2 Å². The van der Waals surface area contributed by atoms with Crippen molar-refractivity contribution in [3.8, 4) is 23.0 Å². The predicted octanol–water partition coefficient (Wildman–Crippen LogP) is 3.56. The number of carbonyl (C=O) groups is 4. The summed E-state index contributed by atoms with van der Waals surface area (Å²) < 4.78 is 163. The molecular weight excluding hydrogens is 524 g/mol. The Kier molecular flexibility index (Phi) is 7.70. The molecule has 190 valence electrons. The van der Waals surface area contributed by atoms with Gasteiger partial charge in [0.25, 0.3) is 0 Å². The van der Waals surface area contributed by atoms with Gasteiger partial charge in [-0.2, -0.15) is 52.7 Å². The van der Waals surface area contributed by atoms with E-state index >= 15 is 0 Å². The molecule has 0 aliphatic rings. The third-order valence-corrected chi connectivity index (χ3v) is 2.76. The normalized spacial score (nSPS) is 12.6. The van der Waals surface area contributed by atoms with Crippen molar-refractivity contribution in [3.05, 3.63) is 12.1 Å². The van der Waals surface area contributed by atoms with E-state index in [-0.39, 0.29) is 12.1 Å². The summed E-state index contributed by atoms with van der Waals surface area (Å²) in [6.07, 6.45) is -24.0. The molecule has 0 aliphatic heterocycles. The summed E-state index contributed by atoms with van der Waals surface area (Å²) >= 11 is 0. The first kappa shape index (κ1) is 28.3. The van der Waals surface area contributed by atoms with Crippen LogP contribution in [0.1, 0.15) is 0 Å². The van der Waals surface area contributed by atoms with Gasteiger partial charge in [0.2, 0.25) is 11.5 Å². The van der Waals surface area contributed by atoms with E-state index in [0.29, 0.717) is 0 Å². The maximum atomic E-state index is 12.5. The van der Waals surface area contributed by atoms with Crippen LogP contribution in [0.4, 0.5) is 52.7 Å². The van der Waals surface area contributed by atoms with Crippen LogP contribution in [0.5, 0.6) is 23.0 Å². The summed E-state index contributed by atoms with van der Waals surface area (Å²) in [5.74, 6) is -22.3. The van der Waals surface area contributed by atoms with E-state index in [9.17, 15) is 71.9 Å². The summed E-state index contributed by atoms with van der Waals surface area (Å²) in [5.41, 5.74) is 0. The molecule has 8 nitrogen and oxygen atoms in total. The number of alkyl halides is 12. The van der Waals surface area contributed by atoms with Gasteiger partial charge < -0.3 is 18.9 Å². The molecule has 0 aromatic heterocycles. The average Bonchev–Trinajstić information content (AvgIpc) is 2.62. The van der Waals surface area contributed by atoms with Crippen molar-refractivity contribution >= 4 is 23.9 Å². The van der Waals surface area contributed by atoms with Gasteiger partial charge in [-0.1, -0.05) is 0 Å². The smallest absolute Gasteiger partial charge is 0.416 e. The summed E-state index contributed by atoms with van der Waals surface area (Å²) in [7, 11) is 0. The number of hydrogen-bond acceptors (Lipinski definition) is 8. The fourth-order valence-electron chi connectivity index (χ4n) is 1.50. The zero-order valence-electron chi connectivity index (χ0n) is 15.0. The largest absolute Gasteiger partial charge is 0.491 e. The maximum absolute atomic E-state index is 12.5. The summed E-state index contributed by atoms with van der Waals surface area (Å²) in [5, 5.41) is 0. The van der Waals surface area contributed by atoms with Crippen LogP contribution >= 0.6 is 0 Å². The van der Waals surface area contributed by atoms with Gasteiger partial charge in [0.05, 0.1) is 0 Å². The fourth-order valence-corrected chi connectivity index (χ4v) is 1.50. The van der Waals surface area contributed by atoms with Gasteiger partial charge in [0.15, 0.2) is 11.5 Å². The Morgan fingerprint density at radius 2 is 0.647 bits per heavy atom. The lowest BCUT2D eigenvalue weighted by atomic mass is 10.2. The van der Waals surface area contributed by atoms with Crippen LogP contribution in [-0.4, -0.2) is 48.6 Å². The molecule has 20 heteroatoms. The highest BCUT2D eigenvalue weighted by molar-refractivity contribution is 5.86. The zero-order valence-corrected chi connectivity index (χ0v) is 15.0. The number of esters is 4. The highest BCUT2D eigenvalue weighted by Crippen LogP contribution is 2.47. The van der Waals surface area contributed by atoms with E-state index < -0.39 is 71.6 Å². The molecule has 0 bridgehead atoms. The van der Waals surface area contributed by atoms with Gasteiger partial charge in [-0.25, -0.2) is 19.2 Å². The van der Waals surface area contributed by atoms with Crippen LogP contribution < -0.4 is 18.9 Å². The van der Waals surface area contributed by atoms with Crippen LogP contribution in [0.15, 0.2) is 12.1 Å². The van der Waals surface area contributed by atoms with Crippen LogP contribution in [0.25, 0.3) is 0 Å². The SMILES string of the molecule is O=C(Oc1ccc(OC(=O)C(F)(F)F)c(OC(=O)C(F)(F)F)c1OC(=O)C(F)(F)F)C(F)(F)F. The first-order valence-corrected chi connectivity index (χ1v) is 7.38. The summed E-state index contributed by atoms with van der Waals surface area (Å²) in [6, 6.07) is -0.376.